The van der Waals surface area contributed by atoms with Crippen molar-refractivity contribution < 1.29 is 0 Å². The maximum absolute atomic E-state index is 2.80. The first-order valence-corrected chi connectivity index (χ1v) is 11.4. The van der Waals surface area contributed by atoms with Gasteiger partial charge in [-0.05, 0) is 69.5 Å². The van der Waals surface area contributed by atoms with E-state index in [1.807, 2.05) is 0 Å². The third-order valence-corrected chi connectivity index (χ3v) is 7.53. The van der Waals surface area contributed by atoms with Crippen LogP contribution >= 0.6 is 0 Å². The maximum Gasteiger partial charge on any atom is 0.0120 e. The van der Waals surface area contributed by atoms with Crippen molar-refractivity contribution in [1.29, 1.82) is 0 Å². The van der Waals surface area contributed by atoms with Crippen LogP contribution in [0.15, 0.2) is 0 Å². The maximum atomic E-state index is 2.80. The number of hydrogen-bond acceptors (Lipinski definition) is 4. The fourth-order valence-electron chi connectivity index (χ4n) is 5.81. The summed E-state index contributed by atoms with van der Waals surface area (Å²) in [5, 5.41) is 0. The molecule has 4 rings (SSSR count). The summed E-state index contributed by atoms with van der Waals surface area (Å²) in [5.74, 6) is 1.81. The summed E-state index contributed by atoms with van der Waals surface area (Å²) in [4.78, 5) is 10.8. The molecule has 150 valence electrons. The third kappa shape index (κ3) is 4.81. The molecule has 0 N–H and O–H groups in total. The molecule has 1 saturated carbocycles. The first kappa shape index (κ1) is 19.2. The number of piperazine rings is 1. The molecule has 0 aromatic heterocycles. The minimum atomic E-state index is 0.714. The van der Waals surface area contributed by atoms with E-state index in [9.17, 15) is 0 Å². The summed E-state index contributed by atoms with van der Waals surface area (Å²) in [7, 11) is 2.25. The van der Waals surface area contributed by atoms with Crippen LogP contribution in [0.5, 0.6) is 0 Å². The van der Waals surface area contributed by atoms with Crippen LogP contribution in [0, 0.1) is 17.3 Å². The lowest BCUT2D eigenvalue weighted by Gasteiger charge is -2.49. The number of likely N-dealkylation sites (tertiary alicyclic amines) is 2. The van der Waals surface area contributed by atoms with E-state index in [0.29, 0.717) is 5.41 Å². The summed E-state index contributed by atoms with van der Waals surface area (Å²) >= 11 is 0. The highest BCUT2D eigenvalue weighted by Gasteiger charge is 2.44. The van der Waals surface area contributed by atoms with Crippen LogP contribution in [0.25, 0.3) is 0 Å². The van der Waals surface area contributed by atoms with E-state index in [4.69, 9.17) is 0 Å². The van der Waals surface area contributed by atoms with Crippen molar-refractivity contribution in [3.63, 3.8) is 0 Å². The van der Waals surface area contributed by atoms with E-state index in [1.54, 1.807) is 0 Å². The Morgan fingerprint density at radius 2 is 1.54 bits per heavy atom. The average molecular weight is 363 g/mol. The van der Waals surface area contributed by atoms with Gasteiger partial charge in [0.1, 0.15) is 0 Å². The second-order valence-corrected chi connectivity index (χ2v) is 10.5. The van der Waals surface area contributed by atoms with Crippen LogP contribution in [-0.2, 0) is 0 Å². The molecular weight excluding hydrogens is 320 g/mol. The summed E-state index contributed by atoms with van der Waals surface area (Å²) in [6, 6.07) is 0.884. The van der Waals surface area contributed by atoms with Crippen LogP contribution in [-0.4, -0.2) is 98.1 Å². The molecule has 0 atom stereocenters. The van der Waals surface area contributed by atoms with E-state index < -0.39 is 0 Å². The second-order valence-electron chi connectivity index (χ2n) is 10.5. The van der Waals surface area contributed by atoms with Crippen LogP contribution in [0.3, 0.4) is 0 Å². The van der Waals surface area contributed by atoms with Gasteiger partial charge >= 0.3 is 0 Å². The molecule has 0 unspecified atom stereocenters. The minimum Gasteiger partial charge on any atom is -0.304 e. The van der Waals surface area contributed by atoms with Gasteiger partial charge in [-0.1, -0.05) is 13.8 Å². The third-order valence-electron chi connectivity index (χ3n) is 7.53. The molecule has 3 aliphatic heterocycles. The van der Waals surface area contributed by atoms with Crippen molar-refractivity contribution in [3.8, 4) is 0 Å². The van der Waals surface area contributed by atoms with Crippen molar-refractivity contribution in [1.82, 2.24) is 19.6 Å². The van der Waals surface area contributed by atoms with Gasteiger partial charge in [0, 0.05) is 58.4 Å². The zero-order valence-electron chi connectivity index (χ0n) is 17.6. The minimum absolute atomic E-state index is 0.714. The van der Waals surface area contributed by atoms with Crippen LogP contribution in [0.1, 0.15) is 46.0 Å². The molecule has 0 amide bonds. The molecule has 4 aliphatic rings. The topological polar surface area (TPSA) is 13.0 Å². The van der Waals surface area contributed by atoms with Crippen LogP contribution in [0.2, 0.25) is 0 Å². The molecule has 4 fully saturated rings. The highest BCUT2D eigenvalue weighted by Crippen LogP contribution is 2.51. The Morgan fingerprint density at radius 1 is 0.885 bits per heavy atom. The standard InChI is InChI=1S/C22H42N4/c1-19(2)14-22(6-7-22)18-25-8-4-21(5-9-25)26-16-20(17-26)15-24-12-10-23(3)11-13-24/h19-21H,4-18H2,1-3H3. The Labute approximate surface area is 161 Å². The van der Waals surface area contributed by atoms with Crippen molar-refractivity contribution in [2.45, 2.75) is 52.0 Å². The van der Waals surface area contributed by atoms with Gasteiger partial charge in [-0.15, -0.1) is 0 Å². The Hall–Kier alpha value is -0.160. The Bertz CT molecular complexity index is 439. The zero-order valence-corrected chi connectivity index (χ0v) is 17.6. The lowest BCUT2D eigenvalue weighted by atomic mass is 9.90. The molecule has 3 heterocycles. The first-order valence-electron chi connectivity index (χ1n) is 11.4. The van der Waals surface area contributed by atoms with Gasteiger partial charge in [0.15, 0.2) is 0 Å². The van der Waals surface area contributed by atoms with Gasteiger partial charge in [-0.3, -0.25) is 4.90 Å². The number of nitrogens with zero attached hydrogens (tertiary/aromatic N) is 4. The van der Waals surface area contributed by atoms with Crippen molar-refractivity contribution in [2.24, 2.45) is 17.3 Å². The van der Waals surface area contributed by atoms with Gasteiger partial charge in [0.2, 0.25) is 0 Å². The summed E-state index contributed by atoms with van der Waals surface area (Å²) in [6.45, 7) is 18.1. The lowest BCUT2D eigenvalue weighted by Crippen LogP contribution is -2.59. The number of likely N-dealkylation sites (N-methyl/N-ethyl adjacent to an activating group) is 1. The Balaban J connectivity index is 1.12. The van der Waals surface area contributed by atoms with Crippen LogP contribution in [0.4, 0.5) is 0 Å². The molecule has 0 bridgehead atoms. The van der Waals surface area contributed by atoms with Gasteiger partial charge < -0.3 is 14.7 Å². The Morgan fingerprint density at radius 3 is 2.12 bits per heavy atom. The summed E-state index contributed by atoms with van der Waals surface area (Å²) in [6.07, 6.45) is 7.27. The second kappa shape index (κ2) is 8.06. The number of hydrogen-bond donors (Lipinski definition) is 0. The number of piperidine rings is 1. The van der Waals surface area contributed by atoms with Crippen molar-refractivity contribution >= 4 is 0 Å². The molecule has 0 spiro atoms. The van der Waals surface area contributed by atoms with E-state index >= 15 is 0 Å². The molecule has 0 aromatic rings. The van der Waals surface area contributed by atoms with Crippen molar-refractivity contribution in [3.05, 3.63) is 0 Å². The SMILES string of the molecule is CC(C)CC1(CN2CCC(N3CC(CN4CCN(C)CC4)C3)CC2)CC1. The smallest absolute Gasteiger partial charge is 0.0120 e. The molecule has 4 nitrogen and oxygen atoms in total. The van der Waals surface area contributed by atoms with Gasteiger partial charge in [-0.25, -0.2) is 0 Å². The molecule has 4 heteroatoms. The first-order chi connectivity index (χ1) is 12.5. The predicted octanol–water partition coefficient (Wildman–Crippen LogP) is 2.46. The van der Waals surface area contributed by atoms with Gasteiger partial charge in [-0.2, -0.15) is 0 Å². The number of rotatable bonds is 7. The van der Waals surface area contributed by atoms with Gasteiger partial charge in [0.25, 0.3) is 0 Å². The Kier molecular flexibility index (Phi) is 5.95. The highest BCUT2D eigenvalue weighted by atomic mass is 15.3. The van der Waals surface area contributed by atoms with Crippen molar-refractivity contribution in [2.75, 3.05) is 72.5 Å². The highest BCUT2D eigenvalue weighted by molar-refractivity contribution is 4.97. The predicted molar refractivity (Wildman–Crippen MR) is 110 cm³/mol. The van der Waals surface area contributed by atoms with Crippen LogP contribution < -0.4 is 0 Å². The van der Waals surface area contributed by atoms with E-state index in [0.717, 1.165) is 17.9 Å². The van der Waals surface area contributed by atoms with E-state index in [1.165, 1.54) is 97.6 Å². The fraction of sp³-hybridized carbons (Fsp3) is 1.00. The fourth-order valence-corrected chi connectivity index (χ4v) is 5.81. The zero-order chi connectivity index (χ0) is 18.1. The lowest BCUT2D eigenvalue weighted by molar-refractivity contribution is -0.00329. The monoisotopic (exact) mass is 362 g/mol. The van der Waals surface area contributed by atoms with E-state index in [2.05, 4.69) is 40.5 Å². The largest absolute Gasteiger partial charge is 0.304 e. The molecule has 0 aromatic carbocycles. The molecular formula is C22H42N4. The quantitative estimate of drug-likeness (QED) is 0.690. The molecule has 1 aliphatic carbocycles. The van der Waals surface area contributed by atoms with Gasteiger partial charge in [0.05, 0.1) is 0 Å². The average Bonchev–Trinajstić information content (AvgIpc) is 3.31. The van der Waals surface area contributed by atoms with E-state index in [-0.39, 0.29) is 0 Å². The molecule has 3 saturated heterocycles. The normalized spacial score (nSPS) is 30.0. The summed E-state index contributed by atoms with van der Waals surface area (Å²) in [5.41, 5.74) is 0.714. The molecule has 26 heavy (non-hydrogen) atoms. The summed E-state index contributed by atoms with van der Waals surface area (Å²) < 4.78 is 0. The molecule has 0 radical (unpaired) electrons.